The van der Waals surface area contributed by atoms with Crippen molar-refractivity contribution < 1.29 is 25.2 Å². The standard InChI is InChI=1S/C34H62O5/c1-11-39-26(36)13-12-23-14-24(18(2)3)25-16-32(8)17-33(9)15-19(4)27(22(7)35)31(38)34(33,10)21(6)29(32)30(37)28(25)20(23)5/h18-31,35-38H,11-17H2,1-10H3. The Morgan fingerprint density at radius 3 is 2.18 bits per heavy atom. The van der Waals surface area contributed by atoms with Crippen molar-refractivity contribution in [3.63, 3.8) is 0 Å². The molecule has 4 fully saturated rings. The van der Waals surface area contributed by atoms with Gasteiger partial charge in [-0.15, -0.1) is 0 Å². The van der Waals surface area contributed by atoms with Crippen LogP contribution >= 0.6 is 0 Å². The van der Waals surface area contributed by atoms with Crippen molar-refractivity contribution in [3.8, 4) is 0 Å². The zero-order valence-corrected chi connectivity index (χ0v) is 26.7. The van der Waals surface area contributed by atoms with E-state index in [0.717, 1.165) is 25.7 Å². The van der Waals surface area contributed by atoms with E-state index in [0.29, 0.717) is 42.6 Å². The lowest BCUT2D eigenvalue weighted by atomic mass is 9.33. The van der Waals surface area contributed by atoms with Crippen molar-refractivity contribution in [2.45, 2.75) is 132 Å². The molecule has 0 aromatic heterocycles. The second kappa shape index (κ2) is 11.1. The van der Waals surface area contributed by atoms with Crippen LogP contribution < -0.4 is 0 Å². The summed E-state index contributed by atoms with van der Waals surface area (Å²) in [6.07, 6.45) is 3.71. The van der Waals surface area contributed by atoms with E-state index in [9.17, 15) is 20.4 Å². The van der Waals surface area contributed by atoms with Crippen molar-refractivity contribution in [3.05, 3.63) is 0 Å². The van der Waals surface area contributed by atoms with Crippen LogP contribution in [-0.4, -0.2) is 51.6 Å². The summed E-state index contributed by atoms with van der Waals surface area (Å²) >= 11 is 0. The number of aliphatic hydroxyl groups is 4. The summed E-state index contributed by atoms with van der Waals surface area (Å²) in [6, 6.07) is 0. The van der Waals surface area contributed by atoms with Crippen LogP contribution in [0.5, 0.6) is 0 Å². The number of hydrogen-bond donors (Lipinski definition) is 4. The van der Waals surface area contributed by atoms with Crippen LogP contribution in [0.25, 0.3) is 0 Å². The van der Waals surface area contributed by atoms with E-state index in [1.165, 1.54) is 6.42 Å². The third kappa shape index (κ3) is 4.96. The Hall–Kier alpha value is -0.200. The highest BCUT2D eigenvalue weighted by atomic mass is 16.6. The molecule has 16 unspecified atom stereocenters. The lowest BCUT2D eigenvalue weighted by Gasteiger charge is -2.72. The van der Waals surface area contributed by atoms with Crippen molar-refractivity contribution in [2.75, 3.05) is 6.61 Å². The maximum atomic E-state index is 12.5. The number of ether oxygens (including phenoxy) is 1. The van der Waals surface area contributed by atoms with Gasteiger partial charge in [0.1, 0.15) is 0 Å². The number of rotatable bonds is 7. The first kappa shape index (κ1) is 31.7. The van der Waals surface area contributed by atoms with Gasteiger partial charge in [0.2, 0.25) is 0 Å². The van der Waals surface area contributed by atoms with E-state index in [-0.39, 0.29) is 45.8 Å². The first-order valence-corrected chi connectivity index (χ1v) is 16.4. The van der Waals surface area contributed by atoms with Crippen molar-refractivity contribution in [2.24, 2.45) is 75.4 Å². The number of hydrogen-bond acceptors (Lipinski definition) is 5. The Balaban J connectivity index is 1.70. The zero-order valence-electron chi connectivity index (χ0n) is 26.7. The van der Waals surface area contributed by atoms with Crippen LogP contribution in [0, 0.1) is 75.4 Å². The fraction of sp³-hybridized carbons (Fsp3) is 1.00. The van der Waals surface area contributed by atoms with Gasteiger partial charge in [-0.2, -0.15) is 0 Å². The highest BCUT2D eigenvalue weighted by Crippen LogP contribution is 2.73. The summed E-state index contributed by atoms with van der Waals surface area (Å²) in [6.45, 7) is 23.0. The second-order valence-electron chi connectivity index (χ2n) is 16.1. The molecule has 4 rings (SSSR count). The minimum absolute atomic E-state index is 0.0240. The molecule has 0 aromatic rings. The zero-order chi connectivity index (χ0) is 29.2. The minimum atomic E-state index is -0.704. The Morgan fingerprint density at radius 1 is 0.974 bits per heavy atom. The molecule has 5 nitrogen and oxygen atoms in total. The molecule has 0 spiro atoms. The van der Waals surface area contributed by atoms with Crippen LogP contribution in [0.1, 0.15) is 108 Å². The van der Waals surface area contributed by atoms with Gasteiger partial charge < -0.3 is 25.2 Å². The van der Waals surface area contributed by atoms with Gasteiger partial charge in [-0.05, 0) is 116 Å². The third-order valence-electron chi connectivity index (χ3n) is 13.8. The molecule has 4 aliphatic carbocycles. The molecular weight excluding hydrogens is 488 g/mol. The molecule has 0 amide bonds. The van der Waals surface area contributed by atoms with Crippen LogP contribution in [-0.2, 0) is 4.74 Å². The van der Waals surface area contributed by atoms with Gasteiger partial charge in [0.15, 0.2) is 6.29 Å². The highest BCUT2D eigenvalue weighted by molar-refractivity contribution is 5.19. The summed E-state index contributed by atoms with van der Waals surface area (Å²) in [7, 11) is 0. The Labute approximate surface area is 239 Å². The molecule has 4 aliphatic rings. The summed E-state index contributed by atoms with van der Waals surface area (Å²) in [5, 5.41) is 45.5. The van der Waals surface area contributed by atoms with E-state index in [1.807, 2.05) is 13.8 Å². The fourth-order valence-electron chi connectivity index (χ4n) is 12.0. The van der Waals surface area contributed by atoms with Gasteiger partial charge in [0.05, 0.1) is 18.3 Å². The molecule has 16 atom stereocenters. The molecule has 5 heteroatoms. The second-order valence-corrected chi connectivity index (χ2v) is 16.1. The van der Waals surface area contributed by atoms with Gasteiger partial charge in [-0.3, -0.25) is 0 Å². The van der Waals surface area contributed by atoms with Crippen LogP contribution in [0.15, 0.2) is 0 Å². The van der Waals surface area contributed by atoms with Gasteiger partial charge in [0.25, 0.3) is 0 Å². The van der Waals surface area contributed by atoms with E-state index >= 15 is 0 Å². The molecule has 4 saturated carbocycles. The average molecular weight is 551 g/mol. The van der Waals surface area contributed by atoms with E-state index in [1.54, 1.807) is 0 Å². The van der Waals surface area contributed by atoms with E-state index in [4.69, 9.17) is 4.74 Å². The highest BCUT2D eigenvalue weighted by Gasteiger charge is 2.70. The maximum absolute atomic E-state index is 12.5. The molecule has 0 bridgehead atoms. The molecule has 4 N–H and O–H groups in total. The lowest BCUT2D eigenvalue weighted by Crippen LogP contribution is -2.70. The normalized spacial score (nSPS) is 53.5. The summed E-state index contributed by atoms with van der Waals surface area (Å²) in [5.41, 5.74) is -0.383. The molecule has 0 radical (unpaired) electrons. The topological polar surface area (TPSA) is 90.2 Å². The Morgan fingerprint density at radius 2 is 1.62 bits per heavy atom. The Bertz CT molecular complexity index is 845. The van der Waals surface area contributed by atoms with Crippen LogP contribution in [0.3, 0.4) is 0 Å². The SMILES string of the molecule is CCOC(O)CCC1CC(C(C)C)C2CC3(C)CC4(C)CC(C)C(C(C)O)C(O)C4(C)C(C)C3C(O)C2C1C. The van der Waals surface area contributed by atoms with Gasteiger partial charge in [-0.1, -0.05) is 55.4 Å². The number of aliphatic hydroxyl groups excluding tert-OH is 4. The van der Waals surface area contributed by atoms with Crippen molar-refractivity contribution >= 4 is 0 Å². The summed E-state index contributed by atoms with van der Waals surface area (Å²) in [5.74, 6) is 3.11. The van der Waals surface area contributed by atoms with Gasteiger partial charge in [-0.25, -0.2) is 0 Å². The largest absolute Gasteiger partial charge is 0.393 e. The predicted molar refractivity (Wildman–Crippen MR) is 157 cm³/mol. The molecule has 39 heavy (non-hydrogen) atoms. The molecule has 0 aromatic carbocycles. The summed E-state index contributed by atoms with van der Waals surface area (Å²) in [4.78, 5) is 0. The summed E-state index contributed by atoms with van der Waals surface area (Å²) < 4.78 is 5.45. The maximum Gasteiger partial charge on any atom is 0.154 e. The van der Waals surface area contributed by atoms with E-state index < -0.39 is 24.6 Å². The number of fused-ring (bicyclic) bond motifs is 3. The van der Waals surface area contributed by atoms with Crippen LogP contribution in [0.2, 0.25) is 0 Å². The lowest BCUT2D eigenvalue weighted by molar-refractivity contribution is -0.281. The van der Waals surface area contributed by atoms with Crippen LogP contribution in [0.4, 0.5) is 0 Å². The first-order chi connectivity index (χ1) is 18.0. The Kier molecular flexibility index (Phi) is 9.06. The van der Waals surface area contributed by atoms with Gasteiger partial charge in [0, 0.05) is 17.9 Å². The van der Waals surface area contributed by atoms with Gasteiger partial charge >= 0.3 is 0 Å². The van der Waals surface area contributed by atoms with E-state index in [2.05, 4.69) is 55.4 Å². The average Bonchev–Trinajstić information content (AvgIpc) is 2.80. The predicted octanol–water partition coefficient (Wildman–Crippen LogP) is 6.12. The van der Waals surface area contributed by atoms with Crippen molar-refractivity contribution in [1.29, 1.82) is 0 Å². The first-order valence-electron chi connectivity index (χ1n) is 16.4. The fourth-order valence-corrected chi connectivity index (χ4v) is 12.0. The molecular formula is C34H62O5. The third-order valence-corrected chi connectivity index (χ3v) is 13.8. The monoisotopic (exact) mass is 550 g/mol. The minimum Gasteiger partial charge on any atom is -0.393 e. The molecule has 228 valence electrons. The van der Waals surface area contributed by atoms with Crippen molar-refractivity contribution in [1.82, 2.24) is 0 Å². The quantitative estimate of drug-likeness (QED) is 0.287. The molecule has 0 saturated heterocycles. The molecule has 0 heterocycles. The molecule has 0 aliphatic heterocycles. The smallest absolute Gasteiger partial charge is 0.154 e.